The molecule has 1 aliphatic carbocycles. The van der Waals surface area contributed by atoms with Crippen LogP contribution in [0.2, 0.25) is 0 Å². The molecule has 0 radical (unpaired) electrons. The van der Waals surface area contributed by atoms with E-state index in [1.807, 2.05) is 13.8 Å². The van der Waals surface area contributed by atoms with E-state index in [0.717, 1.165) is 19.3 Å². The van der Waals surface area contributed by atoms with E-state index >= 15 is 4.39 Å². The molecular weight excluding hydrogens is 545 g/mol. The van der Waals surface area contributed by atoms with Gasteiger partial charge in [-0.25, -0.2) is 22.3 Å². The number of pyridine rings is 1. The molecule has 0 saturated carbocycles. The zero-order valence-electron chi connectivity index (χ0n) is 21.3. The minimum absolute atomic E-state index is 0.0940. The van der Waals surface area contributed by atoms with Crippen LogP contribution in [-0.4, -0.2) is 63.5 Å². The van der Waals surface area contributed by atoms with Crippen LogP contribution in [-0.2, 0) is 20.0 Å². The molecule has 0 bridgehead atoms. The summed E-state index contributed by atoms with van der Waals surface area (Å²) in [7, 11) is -2.40. The maximum absolute atomic E-state index is 15.4. The van der Waals surface area contributed by atoms with E-state index in [0.29, 0.717) is 33.8 Å². The molecular formula is C25H26F5N5O3S. The summed E-state index contributed by atoms with van der Waals surface area (Å²) in [5.41, 5.74) is 0.421. The topological polar surface area (TPSA) is 97.5 Å². The fourth-order valence-electron chi connectivity index (χ4n) is 5.83. The van der Waals surface area contributed by atoms with Crippen LogP contribution >= 0.6 is 0 Å². The zero-order chi connectivity index (χ0) is 28.5. The molecule has 210 valence electrons. The van der Waals surface area contributed by atoms with Gasteiger partial charge in [0.05, 0.1) is 17.2 Å². The maximum atomic E-state index is 15.4. The molecule has 1 fully saturated rings. The third-order valence-electron chi connectivity index (χ3n) is 7.71. The Morgan fingerprint density at radius 1 is 1.13 bits per heavy atom. The number of carbonyl (C=O) groups excluding carboxylic acids is 1. The first-order valence-electron chi connectivity index (χ1n) is 12.3. The highest BCUT2D eigenvalue weighted by atomic mass is 32.2. The van der Waals surface area contributed by atoms with Crippen molar-refractivity contribution >= 4 is 21.4 Å². The molecule has 1 aliphatic heterocycles. The summed E-state index contributed by atoms with van der Waals surface area (Å²) in [6.07, 6.45) is -2.11. The van der Waals surface area contributed by atoms with E-state index < -0.39 is 62.7 Å². The molecule has 0 aromatic carbocycles. The standard InChI is InChI=1S/C25H26F5N5O3S/c1-24(2)10-15(16-12-31-19-9-18(27)33-35(19)21(16)24)14-8-17(26)20(32-11-14)22(25(28,29)30)34(3)23(36)13-4-6-39(37,38)7-5-13/h8-9,11-13,15,22H,4-7,10H2,1-3H3/t15-,22+/m1/s1. The molecule has 3 aromatic rings. The van der Waals surface area contributed by atoms with Crippen LogP contribution in [0.25, 0.3) is 5.65 Å². The second kappa shape index (κ2) is 9.20. The van der Waals surface area contributed by atoms with Crippen molar-refractivity contribution < 1.29 is 35.2 Å². The summed E-state index contributed by atoms with van der Waals surface area (Å²) in [6, 6.07) is -0.490. The molecule has 2 aliphatic rings. The summed E-state index contributed by atoms with van der Waals surface area (Å²) in [4.78, 5) is 21.4. The van der Waals surface area contributed by atoms with Crippen molar-refractivity contribution in [2.24, 2.45) is 5.92 Å². The van der Waals surface area contributed by atoms with Crippen LogP contribution in [0, 0.1) is 17.7 Å². The lowest BCUT2D eigenvalue weighted by atomic mass is 9.87. The number of amides is 1. The van der Waals surface area contributed by atoms with Gasteiger partial charge in [0.15, 0.2) is 11.7 Å². The third kappa shape index (κ3) is 4.87. The Hall–Kier alpha value is -3.16. The van der Waals surface area contributed by atoms with Gasteiger partial charge in [0, 0.05) is 48.3 Å². The molecule has 1 saturated heterocycles. The number of nitrogens with zero attached hydrogens (tertiary/aromatic N) is 5. The molecule has 14 heteroatoms. The number of aromatic nitrogens is 4. The Balaban J connectivity index is 1.48. The van der Waals surface area contributed by atoms with Crippen LogP contribution in [0.15, 0.2) is 24.5 Å². The Kier molecular flexibility index (Phi) is 6.47. The first kappa shape index (κ1) is 27.4. The fourth-order valence-corrected chi connectivity index (χ4v) is 7.32. The highest BCUT2D eigenvalue weighted by molar-refractivity contribution is 7.91. The summed E-state index contributed by atoms with van der Waals surface area (Å²) in [5.74, 6) is -4.83. The van der Waals surface area contributed by atoms with Crippen molar-refractivity contribution in [3.05, 3.63) is 58.8 Å². The van der Waals surface area contributed by atoms with Gasteiger partial charge in [0.25, 0.3) is 0 Å². The minimum Gasteiger partial charge on any atom is -0.328 e. The lowest BCUT2D eigenvalue weighted by molar-refractivity contribution is -0.192. The number of halogens is 5. The van der Waals surface area contributed by atoms with Gasteiger partial charge in [-0.2, -0.15) is 17.6 Å². The average Bonchev–Trinajstić information content (AvgIpc) is 3.34. The van der Waals surface area contributed by atoms with Crippen molar-refractivity contribution in [1.82, 2.24) is 24.5 Å². The second-order valence-corrected chi connectivity index (χ2v) is 13.2. The maximum Gasteiger partial charge on any atom is 0.414 e. The lowest BCUT2D eigenvalue weighted by Crippen LogP contribution is -2.45. The number of hydrogen-bond donors (Lipinski definition) is 0. The van der Waals surface area contributed by atoms with E-state index in [4.69, 9.17) is 0 Å². The number of carbonyl (C=O) groups is 1. The number of sulfone groups is 1. The monoisotopic (exact) mass is 571 g/mol. The Morgan fingerprint density at radius 3 is 2.41 bits per heavy atom. The predicted molar refractivity (Wildman–Crippen MR) is 130 cm³/mol. The van der Waals surface area contributed by atoms with Crippen LogP contribution in [0.1, 0.15) is 67.6 Å². The van der Waals surface area contributed by atoms with E-state index in [2.05, 4.69) is 15.1 Å². The van der Waals surface area contributed by atoms with Gasteiger partial charge >= 0.3 is 6.18 Å². The van der Waals surface area contributed by atoms with E-state index in [9.17, 15) is 30.8 Å². The lowest BCUT2D eigenvalue weighted by Gasteiger charge is -2.33. The van der Waals surface area contributed by atoms with Crippen molar-refractivity contribution in [1.29, 1.82) is 0 Å². The summed E-state index contributed by atoms with van der Waals surface area (Å²) in [6.45, 7) is 3.81. The van der Waals surface area contributed by atoms with Gasteiger partial charge in [0.2, 0.25) is 11.9 Å². The number of alkyl halides is 3. The molecule has 0 spiro atoms. The first-order valence-corrected chi connectivity index (χ1v) is 14.1. The largest absolute Gasteiger partial charge is 0.414 e. The molecule has 3 aromatic heterocycles. The van der Waals surface area contributed by atoms with Gasteiger partial charge in [-0.3, -0.25) is 9.78 Å². The van der Waals surface area contributed by atoms with Gasteiger partial charge in [-0.15, -0.1) is 5.10 Å². The van der Waals surface area contributed by atoms with Gasteiger partial charge in [-0.05, 0) is 30.9 Å². The highest BCUT2D eigenvalue weighted by Gasteiger charge is 2.49. The van der Waals surface area contributed by atoms with Crippen molar-refractivity contribution in [3.8, 4) is 0 Å². The van der Waals surface area contributed by atoms with Gasteiger partial charge in [0.1, 0.15) is 21.3 Å². The summed E-state index contributed by atoms with van der Waals surface area (Å²) >= 11 is 0. The van der Waals surface area contributed by atoms with Crippen molar-refractivity contribution in [2.75, 3.05) is 18.6 Å². The molecule has 0 N–H and O–H groups in total. The number of hydrogen-bond acceptors (Lipinski definition) is 6. The summed E-state index contributed by atoms with van der Waals surface area (Å²) in [5, 5.41) is 3.87. The third-order valence-corrected chi connectivity index (χ3v) is 9.43. The molecule has 0 unspecified atom stereocenters. The van der Waals surface area contributed by atoms with Crippen LogP contribution in [0.3, 0.4) is 0 Å². The van der Waals surface area contributed by atoms with Crippen LogP contribution < -0.4 is 0 Å². The van der Waals surface area contributed by atoms with E-state index in [-0.39, 0.29) is 24.3 Å². The molecule has 8 nitrogen and oxygen atoms in total. The SMILES string of the molecule is CN(C(=O)C1CCS(=O)(=O)CC1)[C@@H](c1ncc([C@H]2CC(C)(C)c3c2cnc2cc(F)nn32)cc1F)C(F)(F)F. The van der Waals surface area contributed by atoms with Crippen LogP contribution in [0.5, 0.6) is 0 Å². The van der Waals surface area contributed by atoms with Crippen LogP contribution in [0.4, 0.5) is 22.0 Å². The quantitative estimate of drug-likeness (QED) is 0.438. The van der Waals surface area contributed by atoms with E-state index in [1.54, 1.807) is 0 Å². The number of fused-ring (bicyclic) bond motifs is 3. The normalized spacial score (nSPS) is 21.6. The Labute approximate surface area is 221 Å². The van der Waals surface area contributed by atoms with Crippen molar-refractivity contribution in [3.63, 3.8) is 0 Å². The predicted octanol–water partition coefficient (Wildman–Crippen LogP) is 4.10. The molecule has 4 heterocycles. The second-order valence-electron chi connectivity index (χ2n) is 10.9. The van der Waals surface area contributed by atoms with Gasteiger partial charge in [-0.1, -0.05) is 13.8 Å². The van der Waals surface area contributed by atoms with Crippen molar-refractivity contribution in [2.45, 2.75) is 56.7 Å². The smallest absolute Gasteiger partial charge is 0.328 e. The van der Waals surface area contributed by atoms with E-state index in [1.165, 1.54) is 16.8 Å². The first-order chi connectivity index (χ1) is 18.1. The Morgan fingerprint density at radius 2 is 1.79 bits per heavy atom. The molecule has 1 amide bonds. The molecule has 5 rings (SSSR count). The number of rotatable bonds is 4. The fraction of sp³-hybridized carbons (Fsp3) is 0.520. The highest BCUT2D eigenvalue weighted by Crippen LogP contribution is 2.49. The van der Waals surface area contributed by atoms with Gasteiger partial charge < -0.3 is 4.90 Å². The molecule has 39 heavy (non-hydrogen) atoms. The average molecular weight is 572 g/mol. The Bertz CT molecular complexity index is 1560. The minimum atomic E-state index is -5.04. The zero-order valence-corrected chi connectivity index (χ0v) is 22.2. The summed E-state index contributed by atoms with van der Waals surface area (Å²) < 4.78 is 96.6. The molecule has 2 atom stereocenters.